The predicted molar refractivity (Wildman–Crippen MR) is 102 cm³/mol. The molecule has 1 aliphatic heterocycles. The second kappa shape index (κ2) is 9.06. The zero-order chi connectivity index (χ0) is 19.2. The van der Waals surface area contributed by atoms with Crippen molar-refractivity contribution >= 4 is 17.2 Å². The van der Waals surface area contributed by atoms with Crippen LogP contribution in [0.5, 0.6) is 11.5 Å². The summed E-state index contributed by atoms with van der Waals surface area (Å²) in [5, 5.41) is 6.72. The summed E-state index contributed by atoms with van der Waals surface area (Å²) in [4.78, 5) is 12.0. The summed E-state index contributed by atoms with van der Waals surface area (Å²) in [6.45, 7) is 12.3. The number of carbonyl (C=O) groups is 1. The molecule has 1 N–H and O–H groups in total. The van der Waals surface area contributed by atoms with Gasteiger partial charge in [0, 0.05) is 22.7 Å². The van der Waals surface area contributed by atoms with E-state index in [2.05, 4.69) is 39.9 Å². The molecule has 0 fully saturated rings. The van der Waals surface area contributed by atoms with E-state index in [1.54, 1.807) is 0 Å². The lowest BCUT2D eigenvalue weighted by Gasteiger charge is -2.31. The van der Waals surface area contributed by atoms with E-state index in [-0.39, 0.29) is 29.6 Å². The van der Waals surface area contributed by atoms with Gasteiger partial charge >= 0.3 is 0 Å². The van der Waals surface area contributed by atoms with Gasteiger partial charge in [0.1, 0.15) is 13.2 Å². The van der Waals surface area contributed by atoms with Crippen LogP contribution in [0, 0.1) is 5.41 Å². The molecule has 1 aromatic rings. The van der Waals surface area contributed by atoms with Gasteiger partial charge in [0.2, 0.25) is 5.91 Å². The first-order valence-corrected chi connectivity index (χ1v) is 9.99. The third-order valence-corrected chi connectivity index (χ3v) is 5.02. The Bertz CT molecular complexity index is 584. The van der Waals surface area contributed by atoms with Crippen LogP contribution in [0.1, 0.15) is 41.0 Å². The molecule has 0 aromatic carbocycles. The quantitative estimate of drug-likeness (QED) is 0.670. The van der Waals surface area contributed by atoms with Crippen LogP contribution in [0.25, 0.3) is 0 Å². The van der Waals surface area contributed by atoms with E-state index in [0.717, 1.165) is 17.9 Å². The minimum Gasteiger partial charge on any atom is -0.485 e. The van der Waals surface area contributed by atoms with Crippen LogP contribution in [0.15, 0.2) is 10.8 Å². The largest absolute Gasteiger partial charge is 0.485 e. The molecule has 0 radical (unpaired) electrons. The lowest BCUT2D eigenvalue weighted by Crippen LogP contribution is -2.41. The number of carbonyl (C=O) groups excluding carboxylic acids is 1. The molecule has 0 saturated carbocycles. The molecule has 0 bridgehead atoms. The van der Waals surface area contributed by atoms with Crippen LogP contribution in [0.3, 0.4) is 0 Å². The van der Waals surface area contributed by atoms with E-state index in [0.29, 0.717) is 26.4 Å². The summed E-state index contributed by atoms with van der Waals surface area (Å²) >= 11 is 1.54. The third-order valence-electron chi connectivity index (χ3n) is 4.32. The molecule has 26 heavy (non-hydrogen) atoms. The van der Waals surface area contributed by atoms with Crippen LogP contribution < -0.4 is 14.8 Å². The first kappa shape index (κ1) is 21.0. The first-order chi connectivity index (χ1) is 12.2. The molecule has 1 aliphatic rings. The van der Waals surface area contributed by atoms with Gasteiger partial charge in [0.25, 0.3) is 0 Å². The lowest BCUT2D eigenvalue weighted by molar-refractivity contribution is -0.127. The van der Waals surface area contributed by atoms with E-state index in [1.807, 2.05) is 10.8 Å². The fraction of sp³-hybridized carbons (Fsp3) is 0.737. The van der Waals surface area contributed by atoms with Crippen molar-refractivity contribution in [2.45, 2.75) is 52.7 Å². The molecule has 0 saturated heterocycles. The number of hydrogen-bond donors (Lipinski definition) is 1. The van der Waals surface area contributed by atoms with E-state index in [1.165, 1.54) is 11.3 Å². The molecule has 6 nitrogen and oxygen atoms in total. The lowest BCUT2D eigenvalue weighted by atomic mass is 9.94. The predicted octanol–water partition coefficient (Wildman–Crippen LogP) is 3.25. The molecular weight excluding hydrogens is 354 g/mol. The maximum atomic E-state index is 12.0. The van der Waals surface area contributed by atoms with E-state index in [4.69, 9.17) is 18.9 Å². The smallest absolute Gasteiger partial charge is 0.246 e. The molecule has 2 heterocycles. The third kappa shape index (κ3) is 6.78. The van der Waals surface area contributed by atoms with E-state index >= 15 is 0 Å². The number of thiophene rings is 1. The molecule has 148 valence electrons. The SMILES string of the molecule is CCC(C)(C)OCC(C)(C)CNC(=O)COCC1COc2cscc2O1. The van der Waals surface area contributed by atoms with Gasteiger partial charge in [-0.05, 0) is 20.3 Å². The highest BCUT2D eigenvalue weighted by molar-refractivity contribution is 7.08. The molecule has 2 rings (SSSR count). The van der Waals surface area contributed by atoms with E-state index in [9.17, 15) is 4.79 Å². The number of amides is 1. The number of ether oxygens (including phenoxy) is 4. The fourth-order valence-electron chi connectivity index (χ4n) is 2.16. The summed E-state index contributed by atoms with van der Waals surface area (Å²) in [7, 11) is 0. The Morgan fingerprint density at radius 3 is 2.77 bits per heavy atom. The van der Waals surface area contributed by atoms with Crippen molar-refractivity contribution in [1.29, 1.82) is 0 Å². The highest BCUT2D eigenvalue weighted by Crippen LogP contribution is 2.35. The molecule has 0 aliphatic carbocycles. The van der Waals surface area contributed by atoms with Gasteiger partial charge in [-0.2, -0.15) is 0 Å². The normalized spacial score (nSPS) is 17.2. The zero-order valence-corrected chi connectivity index (χ0v) is 17.2. The Labute approximate surface area is 160 Å². The maximum Gasteiger partial charge on any atom is 0.246 e. The van der Waals surface area contributed by atoms with Gasteiger partial charge in [-0.1, -0.05) is 20.8 Å². The minimum atomic E-state index is -0.189. The van der Waals surface area contributed by atoms with Crippen LogP contribution in [-0.2, 0) is 14.3 Å². The number of hydrogen-bond acceptors (Lipinski definition) is 6. The number of rotatable bonds is 10. The van der Waals surface area contributed by atoms with Crippen molar-refractivity contribution in [2.24, 2.45) is 5.41 Å². The monoisotopic (exact) mass is 385 g/mol. The van der Waals surface area contributed by atoms with Crippen molar-refractivity contribution in [3.8, 4) is 11.5 Å². The van der Waals surface area contributed by atoms with Crippen LogP contribution in [0.2, 0.25) is 0 Å². The van der Waals surface area contributed by atoms with Crippen molar-refractivity contribution in [3.05, 3.63) is 10.8 Å². The summed E-state index contributed by atoms with van der Waals surface area (Å²) in [6, 6.07) is 0. The second-order valence-corrected chi connectivity index (χ2v) is 8.75. The van der Waals surface area contributed by atoms with Gasteiger partial charge in [0.05, 0.1) is 18.8 Å². The Morgan fingerprint density at radius 1 is 1.31 bits per heavy atom. The number of fused-ring (bicyclic) bond motifs is 1. The van der Waals surface area contributed by atoms with Crippen molar-refractivity contribution in [3.63, 3.8) is 0 Å². The van der Waals surface area contributed by atoms with Crippen LogP contribution in [0.4, 0.5) is 0 Å². The molecule has 1 atom stereocenters. The van der Waals surface area contributed by atoms with Gasteiger partial charge < -0.3 is 24.3 Å². The molecule has 1 amide bonds. The topological polar surface area (TPSA) is 66.0 Å². The minimum absolute atomic E-state index is 0.00768. The van der Waals surface area contributed by atoms with Gasteiger partial charge in [-0.15, -0.1) is 11.3 Å². The second-order valence-electron chi connectivity index (χ2n) is 8.01. The van der Waals surface area contributed by atoms with Gasteiger partial charge in [-0.3, -0.25) is 4.79 Å². The van der Waals surface area contributed by atoms with Gasteiger partial charge in [0.15, 0.2) is 17.6 Å². The standard InChI is InChI=1S/C19H31NO5S/c1-6-19(4,5)24-13-18(2,3)12-20-17(21)9-22-7-14-8-23-15-10-26-11-16(15)25-14/h10-11,14H,6-9,12-13H2,1-5H3,(H,20,21). The Hall–Kier alpha value is -1.31. The number of nitrogens with one attached hydrogen (secondary N) is 1. The first-order valence-electron chi connectivity index (χ1n) is 9.05. The highest BCUT2D eigenvalue weighted by atomic mass is 32.1. The summed E-state index contributed by atoms with van der Waals surface area (Å²) in [5.74, 6) is 1.39. The molecular formula is C19H31NO5S. The molecule has 1 aromatic heterocycles. The average molecular weight is 386 g/mol. The highest BCUT2D eigenvalue weighted by Gasteiger charge is 2.25. The van der Waals surface area contributed by atoms with Crippen molar-refractivity contribution in [1.82, 2.24) is 5.32 Å². The van der Waals surface area contributed by atoms with Crippen LogP contribution >= 0.6 is 11.3 Å². The summed E-state index contributed by atoms with van der Waals surface area (Å²) in [5.41, 5.74) is -0.285. The maximum absolute atomic E-state index is 12.0. The van der Waals surface area contributed by atoms with Crippen molar-refractivity contribution < 1.29 is 23.7 Å². The fourth-order valence-corrected chi connectivity index (χ4v) is 2.83. The Morgan fingerprint density at radius 2 is 2.04 bits per heavy atom. The summed E-state index contributed by atoms with van der Waals surface area (Å²) < 4.78 is 22.8. The van der Waals surface area contributed by atoms with E-state index < -0.39 is 0 Å². The summed E-state index contributed by atoms with van der Waals surface area (Å²) in [6.07, 6.45) is 0.759. The van der Waals surface area contributed by atoms with Crippen LogP contribution in [-0.4, -0.2) is 50.6 Å². The van der Waals surface area contributed by atoms with Crippen molar-refractivity contribution in [2.75, 3.05) is 33.0 Å². The molecule has 0 spiro atoms. The Kier molecular flexibility index (Phi) is 7.32. The van der Waals surface area contributed by atoms with Gasteiger partial charge in [-0.25, -0.2) is 0 Å². The average Bonchev–Trinajstić information content (AvgIpc) is 3.06. The molecule has 7 heteroatoms. The molecule has 1 unspecified atom stereocenters. The zero-order valence-electron chi connectivity index (χ0n) is 16.4. The Balaban J connectivity index is 1.61.